The van der Waals surface area contributed by atoms with Crippen molar-refractivity contribution in [2.75, 3.05) is 20.1 Å². The van der Waals surface area contributed by atoms with E-state index < -0.39 is 6.10 Å². The zero-order chi connectivity index (χ0) is 20.5. The molecule has 1 saturated heterocycles. The molecule has 0 N–H and O–H groups in total. The van der Waals surface area contributed by atoms with Gasteiger partial charge in [-0.2, -0.15) is 0 Å². The highest BCUT2D eigenvalue weighted by molar-refractivity contribution is 5.81. The van der Waals surface area contributed by atoms with Crippen molar-refractivity contribution in [3.05, 3.63) is 52.6 Å². The van der Waals surface area contributed by atoms with E-state index in [0.29, 0.717) is 19.1 Å². The molecule has 3 heterocycles. The van der Waals surface area contributed by atoms with E-state index in [0.717, 1.165) is 53.3 Å². The van der Waals surface area contributed by atoms with E-state index in [1.165, 1.54) is 6.42 Å². The summed E-state index contributed by atoms with van der Waals surface area (Å²) >= 11 is 0. The van der Waals surface area contributed by atoms with Gasteiger partial charge >= 0.3 is 0 Å². The smallest absolute Gasteiger partial charge is 0.263 e. The van der Waals surface area contributed by atoms with Crippen LogP contribution in [-0.4, -0.2) is 51.9 Å². The first-order valence-corrected chi connectivity index (χ1v) is 10.5. The molecule has 6 heteroatoms. The van der Waals surface area contributed by atoms with E-state index in [2.05, 4.69) is 23.0 Å². The van der Waals surface area contributed by atoms with Gasteiger partial charge in [-0.05, 0) is 70.5 Å². The number of aryl methyl sites for hydroxylation is 2. The van der Waals surface area contributed by atoms with Crippen molar-refractivity contribution in [1.82, 2.24) is 19.8 Å². The lowest BCUT2D eigenvalue weighted by Gasteiger charge is -2.31. The summed E-state index contributed by atoms with van der Waals surface area (Å²) in [6.45, 7) is 8.21. The van der Waals surface area contributed by atoms with Crippen LogP contribution in [0.4, 0.5) is 0 Å². The highest BCUT2D eigenvalue weighted by Gasteiger charge is 2.29. The quantitative estimate of drug-likeness (QED) is 0.797. The van der Waals surface area contributed by atoms with Gasteiger partial charge in [0, 0.05) is 31.3 Å². The normalized spacial score (nSPS) is 20.4. The minimum atomic E-state index is -0.523. The molecule has 2 unspecified atom stereocenters. The summed E-state index contributed by atoms with van der Waals surface area (Å²) in [5.74, 6) is 1.68. The highest BCUT2D eigenvalue weighted by atomic mass is 16.5. The van der Waals surface area contributed by atoms with Gasteiger partial charge < -0.3 is 9.64 Å². The minimum Gasteiger partial charge on any atom is -0.481 e. The summed E-state index contributed by atoms with van der Waals surface area (Å²) in [5.41, 5.74) is 4.40. The maximum atomic E-state index is 13.0. The number of hydrogen-bond acceptors (Lipinski definition) is 5. The van der Waals surface area contributed by atoms with Crippen LogP contribution in [0.15, 0.2) is 24.4 Å². The second-order valence-corrected chi connectivity index (χ2v) is 8.43. The third-order valence-electron chi connectivity index (χ3n) is 5.94. The maximum Gasteiger partial charge on any atom is 0.263 e. The van der Waals surface area contributed by atoms with Crippen LogP contribution in [0.25, 0.3) is 0 Å². The fourth-order valence-electron chi connectivity index (χ4n) is 4.43. The number of ether oxygens (including phenoxy) is 1. The third-order valence-corrected chi connectivity index (χ3v) is 5.94. The molecule has 2 aliphatic heterocycles. The predicted octanol–water partition coefficient (Wildman–Crippen LogP) is 3.21. The maximum absolute atomic E-state index is 13.0. The van der Waals surface area contributed by atoms with Gasteiger partial charge in [-0.1, -0.05) is 6.07 Å². The molecule has 0 aliphatic carbocycles. The van der Waals surface area contributed by atoms with Crippen molar-refractivity contribution in [3.8, 4) is 5.75 Å². The molecule has 1 aromatic heterocycles. The lowest BCUT2D eigenvalue weighted by Crippen LogP contribution is -2.43. The number of benzene rings is 1. The fraction of sp³-hybridized carbons (Fsp3) is 0.522. The zero-order valence-corrected chi connectivity index (χ0v) is 17.8. The Kier molecular flexibility index (Phi) is 5.54. The first-order valence-electron chi connectivity index (χ1n) is 10.5. The molecule has 6 nitrogen and oxygen atoms in total. The Balaban J connectivity index is 1.43. The fourth-order valence-corrected chi connectivity index (χ4v) is 4.43. The Hall–Kier alpha value is -2.47. The van der Waals surface area contributed by atoms with E-state index in [4.69, 9.17) is 9.72 Å². The van der Waals surface area contributed by atoms with E-state index >= 15 is 0 Å². The molecule has 2 atom stereocenters. The molecule has 0 radical (unpaired) electrons. The Bertz CT molecular complexity index is 893. The van der Waals surface area contributed by atoms with Gasteiger partial charge in [-0.3, -0.25) is 9.69 Å². The Morgan fingerprint density at radius 2 is 1.97 bits per heavy atom. The number of carbonyl (C=O) groups excluding carboxylic acids is 1. The van der Waals surface area contributed by atoms with Crippen molar-refractivity contribution in [3.63, 3.8) is 0 Å². The van der Waals surface area contributed by atoms with Gasteiger partial charge in [0.2, 0.25) is 0 Å². The molecule has 1 amide bonds. The number of rotatable bonds is 4. The first-order chi connectivity index (χ1) is 13.9. The summed E-state index contributed by atoms with van der Waals surface area (Å²) in [4.78, 5) is 26.6. The number of carbonyl (C=O) groups is 1. The predicted molar refractivity (Wildman–Crippen MR) is 112 cm³/mol. The number of fused-ring (bicyclic) bond motifs is 1. The SMILES string of the molecule is Cc1cc(C)cc(OC(C)C(=O)N2CCc3nc(C4CCCN4C)ncc3C2)c1. The second-order valence-electron chi connectivity index (χ2n) is 8.43. The van der Waals surface area contributed by atoms with Gasteiger partial charge in [0.05, 0.1) is 11.7 Å². The van der Waals surface area contributed by atoms with Gasteiger partial charge in [0.1, 0.15) is 11.6 Å². The average Bonchev–Trinajstić information content (AvgIpc) is 3.11. The van der Waals surface area contributed by atoms with E-state index in [9.17, 15) is 4.79 Å². The first kappa shape index (κ1) is 19.8. The van der Waals surface area contributed by atoms with Crippen LogP contribution in [0, 0.1) is 13.8 Å². The number of amides is 1. The molecule has 1 aromatic carbocycles. The van der Waals surface area contributed by atoms with Crippen molar-refractivity contribution >= 4 is 5.91 Å². The summed E-state index contributed by atoms with van der Waals surface area (Å²) in [6.07, 6.45) is 4.47. The zero-order valence-electron chi connectivity index (χ0n) is 17.8. The topological polar surface area (TPSA) is 58.6 Å². The van der Waals surface area contributed by atoms with Crippen LogP contribution in [0.5, 0.6) is 5.75 Å². The van der Waals surface area contributed by atoms with E-state index in [1.807, 2.05) is 44.0 Å². The molecular weight excluding hydrogens is 364 g/mol. The molecule has 29 heavy (non-hydrogen) atoms. The van der Waals surface area contributed by atoms with Crippen LogP contribution < -0.4 is 4.74 Å². The molecule has 2 aromatic rings. The summed E-state index contributed by atoms with van der Waals surface area (Å²) in [5, 5.41) is 0. The molecule has 2 aliphatic rings. The summed E-state index contributed by atoms with van der Waals surface area (Å²) < 4.78 is 5.95. The summed E-state index contributed by atoms with van der Waals surface area (Å²) in [6, 6.07) is 6.36. The molecular formula is C23H30N4O2. The van der Waals surface area contributed by atoms with Gasteiger partial charge in [-0.25, -0.2) is 9.97 Å². The highest BCUT2D eigenvalue weighted by Crippen LogP contribution is 2.29. The van der Waals surface area contributed by atoms with Gasteiger partial charge in [0.25, 0.3) is 5.91 Å². The molecule has 1 fully saturated rings. The third kappa shape index (κ3) is 4.27. The lowest BCUT2D eigenvalue weighted by molar-refractivity contribution is -0.138. The Morgan fingerprint density at radius 1 is 1.21 bits per heavy atom. The average molecular weight is 395 g/mol. The van der Waals surface area contributed by atoms with E-state index in [1.54, 1.807) is 0 Å². The number of hydrogen-bond donors (Lipinski definition) is 0. The number of likely N-dealkylation sites (tertiary alicyclic amines) is 1. The van der Waals surface area contributed by atoms with E-state index in [-0.39, 0.29) is 5.91 Å². The number of nitrogens with zero attached hydrogens (tertiary/aromatic N) is 4. The minimum absolute atomic E-state index is 0.00871. The van der Waals surface area contributed by atoms with Crippen molar-refractivity contribution in [2.45, 2.75) is 58.7 Å². The lowest BCUT2D eigenvalue weighted by atomic mass is 10.1. The number of aromatic nitrogens is 2. The van der Waals surface area contributed by atoms with Crippen LogP contribution in [0.2, 0.25) is 0 Å². The second kappa shape index (κ2) is 8.11. The monoisotopic (exact) mass is 394 g/mol. The molecule has 0 spiro atoms. The molecule has 154 valence electrons. The van der Waals surface area contributed by atoms with Crippen molar-refractivity contribution < 1.29 is 9.53 Å². The van der Waals surface area contributed by atoms with Crippen molar-refractivity contribution in [1.29, 1.82) is 0 Å². The Morgan fingerprint density at radius 3 is 2.66 bits per heavy atom. The summed E-state index contributed by atoms with van der Waals surface area (Å²) in [7, 11) is 2.14. The van der Waals surface area contributed by atoms with Gasteiger partial charge in [0.15, 0.2) is 6.10 Å². The largest absolute Gasteiger partial charge is 0.481 e. The van der Waals surface area contributed by atoms with Crippen LogP contribution in [0.3, 0.4) is 0 Å². The standard InChI is InChI=1S/C23H30N4O2/c1-15-10-16(2)12-19(11-15)29-17(3)23(28)27-9-7-20-18(14-27)13-24-22(25-20)21-6-5-8-26(21)4/h10-13,17,21H,5-9,14H2,1-4H3. The molecule has 4 rings (SSSR count). The van der Waals surface area contributed by atoms with Crippen LogP contribution in [0.1, 0.15) is 54.0 Å². The van der Waals surface area contributed by atoms with Crippen LogP contribution >= 0.6 is 0 Å². The van der Waals surface area contributed by atoms with Gasteiger partial charge in [-0.15, -0.1) is 0 Å². The van der Waals surface area contributed by atoms with Crippen molar-refractivity contribution in [2.24, 2.45) is 0 Å². The molecule has 0 bridgehead atoms. The molecule has 0 saturated carbocycles. The Labute approximate surface area is 172 Å². The van der Waals surface area contributed by atoms with Crippen LogP contribution in [-0.2, 0) is 17.8 Å².